The van der Waals surface area contributed by atoms with Gasteiger partial charge < -0.3 is 10.7 Å². The van der Waals surface area contributed by atoms with E-state index in [0.717, 1.165) is 12.8 Å². The fraction of sp³-hybridized carbons (Fsp3) is 0.304. The van der Waals surface area contributed by atoms with E-state index in [4.69, 9.17) is 17.3 Å². The van der Waals surface area contributed by atoms with Gasteiger partial charge in [0.25, 0.3) is 5.56 Å². The molecule has 3 aromatic rings. The predicted molar refractivity (Wildman–Crippen MR) is 123 cm³/mol. The number of nitrogens with one attached hydrogen (secondary N) is 1. The molecule has 0 saturated heterocycles. The maximum absolute atomic E-state index is 14.8. The third kappa shape index (κ3) is 4.74. The van der Waals surface area contributed by atoms with Gasteiger partial charge in [0.1, 0.15) is 11.6 Å². The van der Waals surface area contributed by atoms with Crippen molar-refractivity contribution in [3.8, 4) is 33.8 Å². The number of H-pyrrole nitrogens is 1. The van der Waals surface area contributed by atoms with Crippen molar-refractivity contribution >= 4 is 28.8 Å². The standard InChI is InChI=1S/C23H20ClFN4O2S/c1-23(2,22(26)31)10-13-6-7-14(25)19(20(13)24)21-28-15(9-17(30)29-21)16-11-27-18(32-16)8-5-12-3-4-12/h6-7,9,11-12H,3-4,10H2,1-2H3,(H2,26,31)(H,28,29,30). The van der Waals surface area contributed by atoms with Crippen LogP contribution in [0, 0.1) is 29.0 Å². The number of nitrogens with two attached hydrogens (primary N) is 1. The molecule has 3 N–H and O–H groups in total. The smallest absolute Gasteiger partial charge is 0.251 e. The zero-order chi connectivity index (χ0) is 23.0. The molecule has 1 saturated carbocycles. The number of hydrogen-bond donors (Lipinski definition) is 2. The normalized spacial score (nSPS) is 13.5. The Labute approximate surface area is 193 Å². The highest BCUT2D eigenvalue weighted by atomic mass is 35.5. The highest BCUT2D eigenvalue weighted by molar-refractivity contribution is 7.15. The molecular formula is C23H20ClFN4O2S. The van der Waals surface area contributed by atoms with E-state index in [9.17, 15) is 14.0 Å². The van der Waals surface area contributed by atoms with Crippen molar-refractivity contribution < 1.29 is 9.18 Å². The molecule has 0 unspecified atom stereocenters. The number of carbonyl (C=O) groups is 1. The maximum atomic E-state index is 14.8. The molecule has 1 fully saturated rings. The third-order valence-electron chi connectivity index (χ3n) is 5.17. The van der Waals surface area contributed by atoms with E-state index in [1.807, 2.05) is 0 Å². The highest BCUT2D eigenvalue weighted by Gasteiger charge is 2.28. The second-order valence-electron chi connectivity index (χ2n) is 8.37. The molecule has 1 aliphatic rings. The molecular weight excluding hydrogens is 451 g/mol. The van der Waals surface area contributed by atoms with Crippen LogP contribution in [0.25, 0.3) is 22.0 Å². The van der Waals surface area contributed by atoms with Crippen LogP contribution in [0.1, 0.15) is 37.3 Å². The van der Waals surface area contributed by atoms with E-state index in [-0.39, 0.29) is 22.8 Å². The lowest BCUT2D eigenvalue weighted by atomic mass is 9.84. The molecule has 0 aliphatic heterocycles. The number of nitrogens with zero attached hydrogens (tertiary/aromatic N) is 2. The number of hydrogen-bond acceptors (Lipinski definition) is 5. The zero-order valence-corrected chi connectivity index (χ0v) is 19.0. The summed E-state index contributed by atoms with van der Waals surface area (Å²) < 4.78 is 14.8. The summed E-state index contributed by atoms with van der Waals surface area (Å²) >= 11 is 7.82. The molecule has 1 aliphatic carbocycles. The molecule has 32 heavy (non-hydrogen) atoms. The van der Waals surface area contributed by atoms with E-state index >= 15 is 0 Å². The molecule has 0 atom stereocenters. The van der Waals surface area contributed by atoms with Crippen LogP contribution >= 0.6 is 22.9 Å². The highest BCUT2D eigenvalue weighted by Crippen LogP contribution is 2.35. The molecule has 1 amide bonds. The Hall–Kier alpha value is -3.02. The molecule has 164 valence electrons. The third-order valence-corrected chi connectivity index (χ3v) is 6.53. The number of primary amides is 1. The SMILES string of the molecule is CC(C)(Cc1ccc(F)c(-c2nc(-c3cnc(C#CC4CC4)s3)cc(=O)[nH]2)c1Cl)C(N)=O. The molecule has 0 spiro atoms. The van der Waals surface area contributed by atoms with Gasteiger partial charge in [-0.1, -0.05) is 37.4 Å². The topological polar surface area (TPSA) is 102 Å². The lowest BCUT2D eigenvalue weighted by molar-refractivity contribution is -0.125. The molecule has 1 aromatic carbocycles. The van der Waals surface area contributed by atoms with Crippen molar-refractivity contribution in [2.24, 2.45) is 17.1 Å². The Morgan fingerprint density at radius 2 is 2.16 bits per heavy atom. The van der Waals surface area contributed by atoms with E-state index in [2.05, 4.69) is 26.8 Å². The second-order valence-corrected chi connectivity index (χ2v) is 9.78. The first kappa shape index (κ1) is 22.2. The average molecular weight is 471 g/mol. The van der Waals surface area contributed by atoms with Gasteiger partial charge in [0.15, 0.2) is 5.01 Å². The lowest BCUT2D eigenvalue weighted by Crippen LogP contribution is -2.33. The first-order chi connectivity index (χ1) is 15.1. The van der Waals surface area contributed by atoms with Crippen LogP contribution in [-0.2, 0) is 11.2 Å². The molecule has 4 rings (SSSR count). The van der Waals surface area contributed by atoms with Crippen LogP contribution in [-0.4, -0.2) is 20.9 Å². The van der Waals surface area contributed by atoms with Crippen molar-refractivity contribution in [2.75, 3.05) is 0 Å². The number of halogens is 2. The van der Waals surface area contributed by atoms with Gasteiger partial charge in [-0.15, -0.1) is 11.3 Å². The summed E-state index contributed by atoms with van der Waals surface area (Å²) in [5.41, 5.74) is 4.95. The van der Waals surface area contributed by atoms with Crippen LogP contribution in [0.5, 0.6) is 0 Å². The average Bonchev–Trinajstić information content (AvgIpc) is 3.43. The first-order valence-electron chi connectivity index (χ1n) is 10.0. The van der Waals surface area contributed by atoms with Crippen LogP contribution in [0.3, 0.4) is 0 Å². The minimum absolute atomic E-state index is 0.00672. The molecule has 9 heteroatoms. The number of amides is 1. The Kier molecular flexibility index (Phi) is 5.89. The van der Waals surface area contributed by atoms with E-state index in [1.54, 1.807) is 20.0 Å². The van der Waals surface area contributed by atoms with Crippen LogP contribution in [0.2, 0.25) is 5.02 Å². The van der Waals surface area contributed by atoms with Gasteiger partial charge in [0.2, 0.25) is 5.91 Å². The molecule has 0 bridgehead atoms. The van der Waals surface area contributed by atoms with Gasteiger partial charge >= 0.3 is 0 Å². The number of aromatic amines is 1. The number of rotatable bonds is 5. The second kappa shape index (κ2) is 8.49. The van der Waals surface area contributed by atoms with Gasteiger partial charge in [-0.25, -0.2) is 14.4 Å². The van der Waals surface area contributed by atoms with Crippen molar-refractivity contribution in [3.05, 3.63) is 56.2 Å². The molecule has 2 heterocycles. The Morgan fingerprint density at radius 3 is 2.84 bits per heavy atom. The monoisotopic (exact) mass is 470 g/mol. The van der Waals surface area contributed by atoms with Gasteiger partial charge in [-0.05, 0) is 36.8 Å². The minimum atomic E-state index is -0.887. The van der Waals surface area contributed by atoms with Gasteiger partial charge in [0, 0.05) is 23.6 Å². The number of thiazole rings is 1. The van der Waals surface area contributed by atoms with Crippen molar-refractivity contribution in [1.29, 1.82) is 0 Å². The summed E-state index contributed by atoms with van der Waals surface area (Å²) in [6.07, 6.45) is 4.03. The van der Waals surface area contributed by atoms with Crippen LogP contribution in [0.15, 0.2) is 29.2 Å². The molecule has 2 aromatic heterocycles. The fourth-order valence-corrected chi connectivity index (χ4v) is 4.10. The molecule has 0 radical (unpaired) electrons. The van der Waals surface area contributed by atoms with Crippen LogP contribution < -0.4 is 11.3 Å². The summed E-state index contributed by atoms with van der Waals surface area (Å²) in [5.74, 6) is 5.48. The van der Waals surface area contributed by atoms with E-state index < -0.39 is 22.7 Å². The van der Waals surface area contributed by atoms with E-state index in [1.165, 1.54) is 29.5 Å². The summed E-state index contributed by atoms with van der Waals surface area (Å²) in [7, 11) is 0. The summed E-state index contributed by atoms with van der Waals surface area (Å²) in [4.78, 5) is 36.0. The molecule has 6 nitrogen and oxygen atoms in total. The van der Waals surface area contributed by atoms with Crippen molar-refractivity contribution in [3.63, 3.8) is 0 Å². The summed E-state index contributed by atoms with van der Waals surface area (Å²) in [5, 5.41) is 0.704. The zero-order valence-electron chi connectivity index (χ0n) is 17.5. The number of benzene rings is 1. The largest absolute Gasteiger partial charge is 0.369 e. The van der Waals surface area contributed by atoms with Gasteiger partial charge in [-0.2, -0.15) is 0 Å². The van der Waals surface area contributed by atoms with E-state index in [0.29, 0.717) is 27.1 Å². The fourth-order valence-electron chi connectivity index (χ4n) is 3.06. The first-order valence-corrected chi connectivity index (χ1v) is 11.2. The lowest BCUT2D eigenvalue weighted by Gasteiger charge is -2.21. The minimum Gasteiger partial charge on any atom is -0.369 e. The van der Waals surface area contributed by atoms with Crippen molar-refractivity contribution in [1.82, 2.24) is 15.0 Å². The summed E-state index contributed by atoms with van der Waals surface area (Å²) in [6, 6.07) is 4.06. The maximum Gasteiger partial charge on any atom is 0.251 e. The van der Waals surface area contributed by atoms with Crippen molar-refractivity contribution in [2.45, 2.75) is 33.1 Å². The Balaban J connectivity index is 1.74. The Morgan fingerprint density at radius 1 is 1.41 bits per heavy atom. The van der Waals surface area contributed by atoms with Crippen LogP contribution in [0.4, 0.5) is 4.39 Å². The number of aromatic nitrogens is 3. The Bertz CT molecular complexity index is 1330. The predicted octanol–water partition coefficient (Wildman–Crippen LogP) is 4.17. The summed E-state index contributed by atoms with van der Waals surface area (Å²) in [6.45, 7) is 3.37. The number of carbonyl (C=O) groups excluding carboxylic acids is 1. The van der Waals surface area contributed by atoms with Gasteiger partial charge in [-0.3, -0.25) is 9.59 Å². The quantitative estimate of drug-likeness (QED) is 0.546. The van der Waals surface area contributed by atoms with Gasteiger partial charge in [0.05, 0.1) is 21.2 Å².